The highest BCUT2D eigenvalue weighted by Crippen LogP contribution is 2.45. The molecule has 3 atom stereocenters. The van der Waals surface area contributed by atoms with Gasteiger partial charge in [0.1, 0.15) is 11.7 Å². The molecule has 1 aromatic rings. The summed E-state index contributed by atoms with van der Waals surface area (Å²) in [5.74, 6) is -2.41. The predicted molar refractivity (Wildman–Crippen MR) is 114 cm³/mol. The molecule has 0 aromatic heterocycles. The van der Waals surface area contributed by atoms with E-state index in [0.717, 1.165) is 11.3 Å². The first kappa shape index (κ1) is 22.6. The highest BCUT2D eigenvalue weighted by molar-refractivity contribution is 6.12. The maximum Gasteiger partial charge on any atom is 0.336 e. The molecule has 7 nitrogen and oxygen atoms in total. The topological polar surface area (TPSA) is 90.9 Å². The van der Waals surface area contributed by atoms with Crippen LogP contribution in [0, 0.1) is 11.8 Å². The highest BCUT2D eigenvalue weighted by Gasteiger charge is 2.47. The van der Waals surface area contributed by atoms with Crippen molar-refractivity contribution in [2.45, 2.75) is 40.0 Å². The number of ether oxygens (including phenoxy) is 3. The van der Waals surface area contributed by atoms with Crippen LogP contribution in [-0.2, 0) is 23.9 Å². The molecule has 31 heavy (non-hydrogen) atoms. The average molecular weight is 427 g/mol. The van der Waals surface area contributed by atoms with Crippen LogP contribution in [0.2, 0.25) is 0 Å². The number of hydrogen-bond acceptors (Lipinski definition) is 7. The van der Waals surface area contributed by atoms with E-state index in [-0.39, 0.29) is 24.9 Å². The van der Waals surface area contributed by atoms with Crippen LogP contribution in [0.3, 0.4) is 0 Å². The van der Waals surface area contributed by atoms with Crippen LogP contribution in [0.15, 0.2) is 46.8 Å². The van der Waals surface area contributed by atoms with Gasteiger partial charge in [-0.1, -0.05) is 19.1 Å². The van der Waals surface area contributed by atoms with E-state index in [4.69, 9.17) is 14.2 Å². The zero-order valence-corrected chi connectivity index (χ0v) is 18.6. The Morgan fingerprint density at radius 3 is 2.32 bits per heavy atom. The molecule has 0 amide bonds. The molecule has 0 saturated heterocycles. The minimum Gasteiger partial charge on any atom is -0.497 e. The summed E-state index contributed by atoms with van der Waals surface area (Å²) in [5.41, 5.74) is 2.94. The maximum atomic E-state index is 13.6. The van der Waals surface area contributed by atoms with Crippen LogP contribution in [0.1, 0.15) is 45.6 Å². The molecule has 0 spiro atoms. The number of methoxy groups -OCH3 is 1. The van der Waals surface area contributed by atoms with Crippen molar-refractivity contribution in [1.82, 2.24) is 5.32 Å². The Bertz CT molecular complexity index is 943. The van der Waals surface area contributed by atoms with Crippen molar-refractivity contribution in [3.05, 3.63) is 52.4 Å². The summed E-state index contributed by atoms with van der Waals surface area (Å²) in [6.45, 7) is 7.54. The molecule has 0 radical (unpaired) electrons. The van der Waals surface area contributed by atoms with Gasteiger partial charge in [0.25, 0.3) is 0 Å². The zero-order valence-electron chi connectivity index (χ0n) is 18.6. The molecule has 3 rings (SSSR count). The summed E-state index contributed by atoms with van der Waals surface area (Å²) in [6, 6.07) is 7.23. The van der Waals surface area contributed by atoms with E-state index in [9.17, 15) is 14.4 Å². The molecule has 7 heteroatoms. The van der Waals surface area contributed by atoms with Gasteiger partial charge in [-0.25, -0.2) is 4.79 Å². The first-order chi connectivity index (χ1) is 14.8. The van der Waals surface area contributed by atoms with Gasteiger partial charge in [0.05, 0.1) is 25.9 Å². The predicted octanol–water partition coefficient (Wildman–Crippen LogP) is 3.26. The normalized spacial score (nSPS) is 23.1. The average Bonchev–Trinajstić information content (AvgIpc) is 2.73. The minimum absolute atomic E-state index is 0.203. The smallest absolute Gasteiger partial charge is 0.336 e. The molecular formula is C24H29NO6. The molecule has 0 fully saturated rings. The van der Waals surface area contributed by atoms with Crippen LogP contribution in [-0.4, -0.2) is 38.0 Å². The number of allylic oxidation sites excluding steroid dienone is 3. The van der Waals surface area contributed by atoms with Gasteiger partial charge in [0.15, 0.2) is 5.78 Å². The first-order valence-electron chi connectivity index (χ1n) is 10.6. The van der Waals surface area contributed by atoms with E-state index >= 15 is 0 Å². The number of benzene rings is 1. The Hall–Kier alpha value is -3.09. The molecule has 1 N–H and O–H groups in total. The summed E-state index contributed by atoms with van der Waals surface area (Å²) in [6.07, 6.45) is 0.505. The van der Waals surface area contributed by atoms with Crippen molar-refractivity contribution in [3.8, 4) is 5.75 Å². The van der Waals surface area contributed by atoms with Crippen molar-refractivity contribution in [3.63, 3.8) is 0 Å². The zero-order chi connectivity index (χ0) is 22.7. The van der Waals surface area contributed by atoms with Gasteiger partial charge in [-0.15, -0.1) is 0 Å². The third-order valence-corrected chi connectivity index (χ3v) is 5.77. The Balaban J connectivity index is 2.14. The lowest BCUT2D eigenvalue weighted by molar-refractivity contribution is -0.153. The van der Waals surface area contributed by atoms with Crippen molar-refractivity contribution in [2.24, 2.45) is 11.8 Å². The number of rotatable bonds is 6. The number of Topliss-reactive ketones (excluding diaryl/α,β-unsaturated/α-hetero) is 1. The summed E-state index contributed by atoms with van der Waals surface area (Å²) in [5, 5.41) is 3.24. The highest BCUT2D eigenvalue weighted by atomic mass is 16.5. The summed E-state index contributed by atoms with van der Waals surface area (Å²) < 4.78 is 15.7. The van der Waals surface area contributed by atoms with Gasteiger partial charge in [-0.2, -0.15) is 0 Å². The number of hydrogen-bond donors (Lipinski definition) is 1. The van der Waals surface area contributed by atoms with E-state index in [0.29, 0.717) is 29.0 Å². The minimum atomic E-state index is -0.900. The van der Waals surface area contributed by atoms with Crippen molar-refractivity contribution < 1.29 is 28.6 Å². The standard InChI is InChI=1S/C24H29NO6/c1-6-30-23(27)18-13(3)12-17-21(22(18)26)20(15-8-10-16(29-5)11-9-15)19(14(4)25-17)24(28)31-7-2/h8-11,13,18,20,25H,6-7,12H2,1-5H3. The van der Waals surface area contributed by atoms with Gasteiger partial charge >= 0.3 is 11.9 Å². The van der Waals surface area contributed by atoms with Gasteiger partial charge in [-0.05, 0) is 50.8 Å². The van der Waals surface area contributed by atoms with Crippen molar-refractivity contribution in [1.29, 1.82) is 0 Å². The first-order valence-corrected chi connectivity index (χ1v) is 10.6. The Kier molecular flexibility index (Phi) is 6.83. The van der Waals surface area contributed by atoms with Gasteiger partial charge in [0.2, 0.25) is 0 Å². The van der Waals surface area contributed by atoms with Gasteiger partial charge in [0, 0.05) is 22.9 Å². The molecule has 1 aliphatic carbocycles. The number of carbonyl (C=O) groups is 3. The number of ketones is 1. The number of carbonyl (C=O) groups excluding carboxylic acids is 3. The van der Waals surface area contributed by atoms with E-state index in [1.54, 1.807) is 40.0 Å². The summed E-state index contributed by atoms with van der Waals surface area (Å²) in [7, 11) is 1.57. The van der Waals surface area contributed by atoms with Crippen LogP contribution in [0.4, 0.5) is 0 Å². The molecule has 0 saturated carbocycles. The second-order valence-electron chi connectivity index (χ2n) is 7.76. The fraction of sp³-hybridized carbons (Fsp3) is 0.458. The quantitative estimate of drug-likeness (QED) is 0.550. The molecule has 166 valence electrons. The summed E-state index contributed by atoms with van der Waals surface area (Å²) in [4.78, 5) is 39.1. The molecule has 2 aliphatic rings. The maximum absolute atomic E-state index is 13.6. The van der Waals surface area contributed by atoms with Gasteiger partial charge in [-0.3, -0.25) is 9.59 Å². The van der Waals surface area contributed by atoms with Crippen molar-refractivity contribution >= 4 is 17.7 Å². The molecule has 0 bridgehead atoms. The monoisotopic (exact) mass is 427 g/mol. The van der Waals surface area contributed by atoms with Crippen LogP contribution in [0.5, 0.6) is 5.75 Å². The Morgan fingerprint density at radius 1 is 1.10 bits per heavy atom. The molecule has 3 unspecified atom stereocenters. The van der Waals surface area contributed by atoms with Crippen LogP contribution in [0.25, 0.3) is 0 Å². The molecule has 1 heterocycles. The fourth-order valence-corrected chi connectivity index (χ4v) is 4.39. The SMILES string of the molecule is CCOC(=O)C1=C(C)NC2=C(C(=O)C(C(=O)OCC)C(C)C2)C1c1ccc(OC)cc1. The Morgan fingerprint density at radius 2 is 1.74 bits per heavy atom. The van der Waals surface area contributed by atoms with Crippen molar-refractivity contribution in [2.75, 3.05) is 20.3 Å². The van der Waals surface area contributed by atoms with E-state index in [2.05, 4.69) is 5.32 Å². The number of nitrogens with one attached hydrogen (secondary N) is 1. The molecular weight excluding hydrogens is 398 g/mol. The largest absolute Gasteiger partial charge is 0.497 e. The second kappa shape index (κ2) is 9.37. The van der Waals surface area contributed by atoms with Crippen LogP contribution >= 0.6 is 0 Å². The van der Waals surface area contributed by atoms with E-state index in [1.165, 1.54) is 0 Å². The third-order valence-electron chi connectivity index (χ3n) is 5.77. The lowest BCUT2D eigenvalue weighted by Crippen LogP contribution is -2.43. The lowest BCUT2D eigenvalue weighted by Gasteiger charge is -2.38. The Labute approximate surface area is 182 Å². The van der Waals surface area contributed by atoms with Crippen LogP contribution < -0.4 is 10.1 Å². The van der Waals surface area contributed by atoms with Gasteiger partial charge < -0.3 is 19.5 Å². The fourth-order valence-electron chi connectivity index (χ4n) is 4.39. The number of dihydropyridines is 1. The number of esters is 2. The lowest BCUT2D eigenvalue weighted by atomic mass is 9.69. The second-order valence-corrected chi connectivity index (χ2v) is 7.76. The molecule has 1 aliphatic heterocycles. The molecule has 1 aromatic carbocycles. The summed E-state index contributed by atoms with van der Waals surface area (Å²) >= 11 is 0. The van der Waals surface area contributed by atoms with E-state index in [1.807, 2.05) is 19.1 Å². The third kappa shape index (κ3) is 4.22. The van der Waals surface area contributed by atoms with E-state index < -0.39 is 23.8 Å².